The van der Waals surface area contributed by atoms with Crippen LogP contribution in [0.1, 0.15) is 51.7 Å². The number of rotatable bonds is 5. The third kappa shape index (κ3) is 4.00. The molecule has 1 fully saturated rings. The highest BCUT2D eigenvalue weighted by atomic mass is 16.5. The van der Waals surface area contributed by atoms with E-state index in [0.717, 1.165) is 39.0 Å². The molecule has 0 unspecified atom stereocenters. The number of hydrogen-bond donors (Lipinski definition) is 1. The van der Waals surface area contributed by atoms with Crippen molar-refractivity contribution in [3.63, 3.8) is 0 Å². The molecular formula is C36H29N5O4. The van der Waals surface area contributed by atoms with Gasteiger partial charge in [-0.15, -0.1) is 0 Å². The molecule has 0 spiro atoms. The molecule has 1 N–H and O–H groups in total. The number of methoxy groups -OCH3 is 1. The second-order valence-corrected chi connectivity index (χ2v) is 12.3. The molecule has 2 amide bonds. The van der Waals surface area contributed by atoms with E-state index in [1.165, 1.54) is 4.90 Å². The van der Waals surface area contributed by atoms with E-state index >= 15 is 0 Å². The largest absolute Gasteiger partial charge is 0.496 e. The van der Waals surface area contributed by atoms with Gasteiger partial charge in [0.2, 0.25) is 0 Å². The molecule has 1 aliphatic carbocycles. The lowest BCUT2D eigenvalue weighted by molar-refractivity contribution is -0.118. The van der Waals surface area contributed by atoms with Crippen molar-refractivity contribution in [3.05, 3.63) is 114 Å². The second kappa shape index (κ2) is 9.54. The standard InChI is InChI=1S/C36H29N5O4/c1-21-16-30-37-18-23-17-28(25-8-6-7-11-29(25)45-3)31(38-32(23)41(30)39-21)22-12-14-24(15-13-22)36(19-35(2,44)20-36)40-33(42)26-9-4-5-10-27(26)34(40)43/h4-18,44H,19-20H2,1-3H3/t35-,36+. The summed E-state index contributed by atoms with van der Waals surface area (Å²) in [6.07, 6.45) is 2.29. The Hall–Kier alpha value is -5.41. The molecule has 1 aliphatic heterocycles. The molecule has 0 atom stereocenters. The predicted octanol–water partition coefficient (Wildman–Crippen LogP) is 5.96. The van der Waals surface area contributed by atoms with Crippen LogP contribution in [0.5, 0.6) is 5.75 Å². The number of ether oxygens (including phenoxy) is 1. The highest BCUT2D eigenvalue weighted by molar-refractivity contribution is 6.22. The monoisotopic (exact) mass is 595 g/mol. The van der Waals surface area contributed by atoms with Gasteiger partial charge < -0.3 is 9.84 Å². The number of pyridine rings is 1. The lowest BCUT2D eigenvalue weighted by Gasteiger charge is -2.55. The Bertz CT molecular complexity index is 2160. The maximum absolute atomic E-state index is 13.6. The van der Waals surface area contributed by atoms with Crippen LogP contribution < -0.4 is 4.74 Å². The number of aryl methyl sites for hydroxylation is 1. The number of nitrogens with zero attached hydrogens (tertiary/aromatic N) is 5. The minimum absolute atomic E-state index is 0.245. The van der Waals surface area contributed by atoms with Crippen molar-refractivity contribution in [3.8, 4) is 28.1 Å². The molecule has 6 aromatic rings. The molecule has 8 rings (SSSR count). The Morgan fingerprint density at radius 1 is 0.844 bits per heavy atom. The fraction of sp³-hybridized carbons (Fsp3) is 0.194. The van der Waals surface area contributed by atoms with E-state index in [0.29, 0.717) is 28.2 Å². The van der Waals surface area contributed by atoms with Crippen LogP contribution in [-0.4, -0.2) is 54.1 Å². The highest BCUT2D eigenvalue weighted by Gasteiger charge is 2.60. The van der Waals surface area contributed by atoms with Crippen LogP contribution in [0.2, 0.25) is 0 Å². The number of benzene rings is 3. The zero-order valence-electron chi connectivity index (χ0n) is 25.0. The molecule has 9 heteroatoms. The first-order valence-corrected chi connectivity index (χ1v) is 14.8. The SMILES string of the molecule is COc1ccccc1-c1cc2cnc3cc(C)nn3c2nc1-c1ccc([C@]2(N3C(=O)c4ccccc4C3=O)C[C@@](C)(O)C2)cc1. The van der Waals surface area contributed by atoms with Gasteiger partial charge in [-0.3, -0.25) is 14.5 Å². The summed E-state index contributed by atoms with van der Waals surface area (Å²) in [7, 11) is 1.64. The molecule has 4 heterocycles. The van der Waals surface area contributed by atoms with Crippen molar-refractivity contribution < 1.29 is 19.4 Å². The van der Waals surface area contributed by atoms with Crippen molar-refractivity contribution in [2.45, 2.75) is 37.8 Å². The molecule has 222 valence electrons. The topological polar surface area (TPSA) is 110 Å². The van der Waals surface area contributed by atoms with Gasteiger partial charge in [0.15, 0.2) is 11.3 Å². The minimum Gasteiger partial charge on any atom is -0.496 e. The molecule has 3 aromatic heterocycles. The van der Waals surface area contributed by atoms with E-state index in [1.807, 2.05) is 61.5 Å². The summed E-state index contributed by atoms with van der Waals surface area (Å²) < 4.78 is 7.48. The zero-order valence-corrected chi connectivity index (χ0v) is 25.0. The van der Waals surface area contributed by atoms with Crippen molar-refractivity contribution in [2.24, 2.45) is 0 Å². The van der Waals surface area contributed by atoms with Gasteiger partial charge in [0, 0.05) is 47.2 Å². The van der Waals surface area contributed by atoms with Gasteiger partial charge in [0.1, 0.15) is 5.75 Å². The van der Waals surface area contributed by atoms with Gasteiger partial charge in [-0.1, -0.05) is 54.6 Å². The zero-order chi connectivity index (χ0) is 31.1. The number of imide groups is 1. The number of para-hydroxylation sites is 1. The number of carbonyl (C=O) groups excluding carboxylic acids is 2. The summed E-state index contributed by atoms with van der Waals surface area (Å²) in [5, 5.41) is 16.4. The molecule has 45 heavy (non-hydrogen) atoms. The van der Waals surface area contributed by atoms with Crippen LogP contribution in [0.3, 0.4) is 0 Å². The van der Waals surface area contributed by atoms with Crippen LogP contribution in [0.15, 0.2) is 91.1 Å². The first-order valence-electron chi connectivity index (χ1n) is 14.8. The van der Waals surface area contributed by atoms with Gasteiger partial charge in [0.05, 0.1) is 40.8 Å². The molecule has 0 bridgehead atoms. The van der Waals surface area contributed by atoms with Crippen molar-refractivity contribution in [1.29, 1.82) is 0 Å². The predicted molar refractivity (Wildman–Crippen MR) is 169 cm³/mol. The van der Waals surface area contributed by atoms with E-state index < -0.39 is 11.1 Å². The number of fused-ring (bicyclic) bond motifs is 4. The van der Waals surface area contributed by atoms with Gasteiger partial charge in [-0.05, 0) is 43.7 Å². The highest BCUT2D eigenvalue weighted by Crippen LogP contribution is 2.54. The summed E-state index contributed by atoms with van der Waals surface area (Å²) in [6.45, 7) is 3.66. The quantitative estimate of drug-likeness (QED) is 0.245. The lowest BCUT2D eigenvalue weighted by atomic mass is 9.61. The van der Waals surface area contributed by atoms with Crippen molar-refractivity contribution in [1.82, 2.24) is 24.5 Å². The third-order valence-corrected chi connectivity index (χ3v) is 9.04. The van der Waals surface area contributed by atoms with Crippen LogP contribution >= 0.6 is 0 Å². The first kappa shape index (κ1) is 27.2. The summed E-state index contributed by atoms with van der Waals surface area (Å²) in [5.74, 6) is 0.0377. The molecule has 9 nitrogen and oxygen atoms in total. The fourth-order valence-electron chi connectivity index (χ4n) is 7.16. The van der Waals surface area contributed by atoms with Gasteiger partial charge in [-0.25, -0.2) is 9.97 Å². The summed E-state index contributed by atoms with van der Waals surface area (Å²) >= 11 is 0. The Kier molecular flexibility index (Phi) is 5.76. The maximum Gasteiger partial charge on any atom is 0.262 e. The molecular weight excluding hydrogens is 566 g/mol. The molecule has 2 aliphatic rings. The van der Waals surface area contributed by atoms with Gasteiger partial charge >= 0.3 is 0 Å². The second-order valence-electron chi connectivity index (χ2n) is 12.3. The van der Waals surface area contributed by atoms with E-state index in [4.69, 9.17) is 9.72 Å². The van der Waals surface area contributed by atoms with Gasteiger partial charge in [-0.2, -0.15) is 9.61 Å². The van der Waals surface area contributed by atoms with Crippen molar-refractivity contribution in [2.75, 3.05) is 7.11 Å². The Labute approximate surface area is 258 Å². The number of aliphatic hydroxyl groups is 1. The summed E-state index contributed by atoms with van der Waals surface area (Å²) in [6, 6.07) is 26.4. The van der Waals surface area contributed by atoms with E-state index in [2.05, 4.69) is 16.1 Å². The van der Waals surface area contributed by atoms with E-state index in [1.54, 1.807) is 49.0 Å². The Balaban J connectivity index is 1.29. The van der Waals surface area contributed by atoms with Crippen molar-refractivity contribution >= 4 is 28.5 Å². The normalized spacial score (nSPS) is 20.9. The van der Waals surface area contributed by atoms with Gasteiger partial charge in [0.25, 0.3) is 11.8 Å². The number of aromatic nitrogens is 4. The van der Waals surface area contributed by atoms with Crippen LogP contribution in [0.25, 0.3) is 39.1 Å². The van der Waals surface area contributed by atoms with E-state index in [9.17, 15) is 14.7 Å². The number of carbonyl (C=O) groups is 2. The third-order valence-electron chi connectivity index (χ3n) is 9.04. The molecule has 1 saturated carbocycles. The summed E-state index contributed by atoms with van der Waals surface area (Å²) in [4.78, 5) is 38.3. The maximum atomic E-state index is 13.6. The molecule has 3 aromatic carbocycles. The average Bonchev–Trinajstić information content (AvgIpc) is 3.55. The lowest BCUT2D eigenvalue weighted by Crippen LogP contribution is -2.63. The van der Waals surface area contributed by atoms with E-state index in [-0.39, 0.29) is 24.7 Å². The molecule has 0 saturated heterocycles. The minimum atomic E-state index is -1.01. The molecule has 0 radical (unpaired) electrons. The first-order chi connectivity index (χ1) is 21.7. The van der Waals surface area contributed by atoms with Crippen LogP contribution in [0, 0.1) is 6.92 Å². The summed E-state index contributed by atoms with van der Waals surface area (Å²) in [5.41, 5.74) is 5.09. The smallest absolute Gasteiger partial charge is 0.262 e. The van der Waals surface area contributed by atoms with Crippen LogP contribution in [-0.2, 0) is 5.54 Å². The number of hydrogen-bond acceptors (Lipinski definition) is 7. The Morgan fingerprint density at radius 3 is 2.13 bits per heavy atom. The Morgan fingerprint density at radius 2 is 1.49 bits per heavy atom. The van der Waals surface area contributed by atoms with Crippen LogP contribution in [0.4, 0.5) is 0 Å². The average molecular weight is 596 g/mol. The fourth-order valence-corrected chi connectivity index (χ4v) is 7.16. The number of amides is 2.